The Hall–Kier alpha value is -2.08. The molecule has 21 heavy (non-hydrogen) atoms. The number of hydrogen-bond acceptors (Lipinski definition) is 3. The van der Waals surface area contributed by atoms with Gasteiger partial charge in [-0.2, -0.15) is 0 Å². The Balaban J connectivity index is 1.93. The quantitative estimate of drug-likeness (QED) is 0.794. The first-order valence-corrected chi connectivity index (χ1v) is 7.03. The summed E-state index contributed by atoms with van der Waals surface area (Å²) in [5, 5.41) is 14.6. The van der Waals surface area contributed by atoms with Crippen LogP contribution >= 0.6 is 0 Å². The van der Waals surface area contributed by atoms with Crippen LogP contribution in [-0.2, 0) is 4.74 Å². The zero-order valence-electron chi connectivity index (χ0n) is 12.0. The summed E-state index contributed by atoms with van der Waals surface area (Å²) in [6.07, 6.45) is 1.87. The van der Waals surface area contributed by atoms with Crippen molar-refractivity contribution >= 4 is 17.7 Å². The van der Waals surface area contributed by atoms with E-state index in [-0.39, 0.29) is 11.6 Å². The monoisotopic (exact) mass is 292 g/mol. The van der Waals surface area contributed by atoms with Gasteiger partial charge in [-0.25, -0.2) is 9.59 Å². The largest absolute Gasteiger partial charge is 0.478 e. The normalized spacial score (nSPS) is 15.5. The van der Waals surface area contributed by atoms with Crippen molar-refractivity contribution in [2.45, 2.75) is 19.8 Å². The van der Waals surface area contributed by atoms with E-state index >= 15 is 0 Å². The van der Waals surface area contributed by atoms with Crippen LogP contribution in [0.5, 0.6) is 0 Å². The van der Waals surface area contributed by atoms with Crippen molar-refractivity contribution in [3.8, 4) is 0 Å². The molecule has 3 N–H and O–H groups in total. The molecule has 1 saturated heterocycles. The maximum atomic E-state index is 11.9. The molecule has 6 heteroatoms. The number of amides is 2. The van der Waals surface area contributed by atoms with E-state index in [0.29, 0.717) is 23.7 Å². The first-order chi connectivity index (χ1) is 10.1. The van der Waals surface area contributed by atoms with Gasteiger partial charge in [-0.3, -0.25) is 0 Å². The predicted octanol–water partition coefficient (Wildman–Crippen LogP) is 2.24. The minimum absolute atomic E-state index is 0.124. The molecule has 1 aromatic carbocycles. The van der Waals surface area contributed by atoms with Gasteiger partial charge in [-0.15, -0.1) is 0 Å². The summed E-state index contributed by atoms with van der Waals surface area (Å²) >= 11 is 0. The molecule has 2 rings (SSSR count). The fraction of sp³-hybridized carbons (Fsp3) is 0.467. The highest BCUT2D eigenvalue weighted by Gasteiger charge is 2.17. The van der Waals surface area contributed by atoms with Crippen molar-refractivity contribution in [1.29, 1.82) is 0 Å². The second-order valence-electron chi connectivity index (χ2n) is 5.19. The van der Waals surface area contributed by atoms with Gasteiger partial charge in [-0.1, -0.05) is 12.1 Å². The first kappa shape index (κ1) is 15.3. The fourth-order valence-electron chi connectivity index (χ4n) is 2.41. The van der Waals surface area contributed by atoms with Gasteiger partial charge < -0.3 is 20.5 Å². The number of carboxylic acids is 1. The van der Waals surface area contributed by atoms with Gasteiger partial charge in [0.2, 0.25) is 0 Å². The van der Waals surface area contributed by atoms with E-state index in [2.05, 4.69) is 10.6 Å². The highest BCUT2D eigenvalue weighted by Crippen LogP contribution is 2.19. The zero-order chi connectivity index (χ0) is 15.2. The number of urea groups is 1. The number of aryl methyl sites for hydroxylation is 1. The first-order valence-electron chi connectivity index (χ1n) is 7.03. The molecule has 0 aromatic heterocycles. The Labute approximate surface area is 123 Å². The van der Waals surface area contributed by atoms with E-state index in [1.807, 2.05) is 0 Å². The zero-order valence-corrected chi connectivity index (χ0v) is 12.0. The van der Waals surface area contributed by atoms with Crippen LogP contribution < -0.4 is 10.6 Å². The highest BCUT2D eigenvalue weighted by molar-refractivity contribution is 6.01. The third kappa shape index (κ3) is 4.19. The number of benzene rings is 1. The molecular weight excluding hydrogens is 272 g/mol. The van der Waals surface area contributed by atoms with Crippen LogP contribution in [0.15, 0.2) is 18.2 Å². The van der Waals surface area contributed by atoms with E-state index in [9.17, 15) is 14.7 Å². The Bertz CT molecular complexity index is 524. The van der Waals surface area contributed by atoms with E-state index in [1.54, 1.807) is 25.1 Å². The van der Waals surface area contributed by atoms with Crippen molar-refractivity contribution in [1.82, 2.24) is 5.32 Å². The molecule has 1 aromatic rings. The van der Waals surface area contributed by atoms with Gasteiger partial charge in [0, 0.05) is 19.8 Å². The molecule has 1 aliphatic heterocycles. The lowest BCUT2D eigenvalue weighted by Gasteiger charge is -2.22. The van der Waals surface area contributed by atoms with Gasteiger partial charge in [0.15, 0.2) is 0 Å². The van der Waals surface area contributed by atoms with Crippen LogP contribution in [0.1, 0.15) is 28.8 Å². The predicted molar refractivity (Wildman–Crippen MR) is 78.7 cm³/mol. The molecule has 0 unspecified atom stereocenters. The Kier molecular flexibility index (Phi) is 5.16. The van der Waals surface area contributed by atoms with Gasteiger partial charge >= 0.3 is 12.0 Å². The number of carboxylic acid groups (broad SMARTS) is 1. The molecule has 1 fully saturated rings. The van der Waals surface area contributed by atoms with Crippen molar-refractivity contribution in [3.05, 3.63) is 29.3 Å². The molecule has 0 aliphatic carbocycles. The number of ether oxygens (including phenoxy) is 1. The Morgan fingerprint density at radius 3 is 2.71 bits per heavy atom. The smallest absolute Gasteiger partial charge is 0.338 e. The highest BCUT2D eigenvalue weighted by atomic mass is 16.5. The lowest BCUT2D eigenvalue weighted by atomic mass is 10.0. The number of nitrogens with one attached hydrogen (secondary N) is 2. The summed E-state index contributed by atoms with van der Waals surface area (Å²) in [6.45, 7) is 3.74. The van der Waals surface area contributed by atoms with Gasteiger partial charge in [0.25, 0.3) is 0 Å². The Morgan fingerprint density at radius 1 is 1.33 bits per heavy atom. The minimum Gasteiger partial charge on any atom is -0.478 e. The number of carbonyl (C=O) groups is 2. The second-order valence-corrected chi connectivity index (χ2v) is 5.19. The number of carbonyl (C=O) groups excluding carboxylic acids is 1. The number of rotatable bonds is 4. The molecule has 0 bridgehead atoms. The van der Waals surface area contributed by atoms with Crippen LogP contribution in [0.4, 0.5) is 10.5 Å². The van der Waals surface area contributed by atoms with Gasteiger partial charge in [-0.05, 0) is 37.3 Å². The standard InChI is InChI=1S/C15H20N2O4/c1-10-3-2-4-12(13(10)14(18)19)17-15(20)16-9-11-5-7-21-8-6-11/h2-4,11H,5-9H2,1H3,(H,18,19)(H2,16,17,20). The fourth-order valence-corrected chi connectivity index (χ4v) is 2.41. The summed E-state index contributed by atoms with van der Waals surface area (Å²) in [6, 6.07) is 4.63. The SMILES string of the molecule is Cc1cccc(NC(=O)NCC2CCOCC2)c1C(=O)O. The lowest BCUT2D eigenvalue weighted by molar-refractivity contribution is 0.0670. The average molecular weight is 292 g/mol. The second kappa shape index (κ2) is 7.08. The van der Waals surface area contributed by atoms with E-state index in [4.69, 9.17) is 4.74 Å². The number of hydrogen-bond donors (Lipinski definition) is 3. The van der Waals surface area contributed by atoms with Crippen LogP contribution in [0.3, 0.4) is 0 Å². The maximum absolute atomic E-state index is 11.9. The van der Waals surface area contributed by atoms with Crippen molar-refractivity contribution in [3.63, 3.8) is 0 Å². The van der Waals surface area contributed by atoms with Gasteiger partial charge in [0.05, 0.1) is 11.3 Å². The third-order valence-electron chi connectivity index (χ3n) is 3.63. The van der Waals surface area contributed by atoms with E-state index in [0.717, 1.165) is 26.1 Å². The molecule has 6 nitrogen and oxygen atoms in total. The van der Waals surface area contributed by atoms with Gasteiger partial charge in [0.1, 0.15) is 0 Å². The van der Waals surface area contributed by atoms with E-state index < -0.39 is 5.97 Å². The van der Waals surface area contributed by atoms with Crippen LogP contribution in [0.25, 0.3) is 0 Å². The summed E-state index contributed by atoms with van der Waals surface area (Å²) < 4.78 is 5.26. The van der Waals surface area contributed by atoms with Crippen molar-refractivity contribution in [2.75, 3.05) is 25.1 Å². The summed E-state index contributed by atoms with van der Waals surface area (Å²) in [5.74, 6) is -0.631. The lowest BCUT2D eigenvalue weighted by Crippen LogP contribution is -2.35. The molecule has 0 atom stereocenters. The summed E-state index contributed by atoms with van der Waals surface area (Å²) in [5.41, 5.74) is 1.05. The van der Waals surface area contributed by atoms with Crippen molar-refractivity contribution in [2.24, 2.45) is 5.92 Å². The molecule has 0 radical (unpaired) electrons. The van der Waals surface area contributed by atoms with Crippen molar-refractivity contribution < 1.29 is 19.4 Å². The molecular formula is C15H20N2O4. The molecule has 0 saturated carbocycles. The van der Waals surface area contributed by atoms with E-state index in [1.165, 1.54) is 0 Å². The maximum Gasteiger partial charge on any atom is 0.338 e. The molecule has 1 heterocycles. The van der Waals surface area contributed by atoms with Crippen LogP contribution in [0, 0.1) is 12.8 Å². The average Bonchev–Trinajstić information content (AvgIpc) is 2.46. The van der Waals surface area contributed by atoms with Crippen LogP contribution in [-0.4, -0.2) is 36.9 Å². The summed E-state index contributed by atoms with van der Waals surface area (Å²) in [4.78, 5) is 23.1. The molecule has 0 spiro atoms. The molecule has 114 valence electrons. The molecule has 1 aliphatic rings. The Morgan fingerprint density at radius 2 is 2.05 bits per heavy atom. The number of anilines is 1. The minimum atomic E-state index is -1.05. The number of aromatic carboxylic acids is 1. The topological polar surface area (TPSA) is 87.7 Å². The molecule has 2 amide bonds. The van der Waals surface area contributed by atoms with Crippen LogP contribution in [0.2, 0.25) is 0 Å². The summed E-state index contributed by atoms with van der Waals surface area (Å²) in [7, 11) is 0. The third-order valence-corrected chi connectivity index (χ3v) is 3.63.